The topological polar surface area (TPSA) is 65.2 Å². The van der Waals surface area contributed by atoms with Gasteiger partial charge in [-0.3, -0.25) is 9.78 Å². The number of hydrogen-bond donors (Lipinski definition) is 1. The molecule has 0 amide bonds. The van der Waals surface area contributed by atoms with Crippen LogP contribution < -0.4 is 5.73 Å². The van der Waals surface area contributed by atoms with Gasteiger partial charge in [-0.15, -0.1) is 0 Å². The van der Waals surface area contributed by atoms with Crippen molar-refractivity contribution in [2.24, 2.45) is 0 Å². The van der Waals surface area contributed by atoms with Gasteiger partial charge in [0.05, 0.1) is 19.0 Å². The Kier molecular flexibility index (Phi) is 2.95. The molecule has 0 aliphatic rings. The van der Waals surface area contributed by atoms with E-state index in [1.54, 1.807) is 0 Å². The standard InChI is InChI=1S/C13H14N2O2/c1-8-10(7-12(16)17-2)13(14)9-5-3-4-6-11(9)15-8/h3-6H,7H2,1-2H3,(H2,14,15). The number of nitrogens with two attached hydrogens (primary N) is 1. The first-order valence-electron chi connectivity index (χ1n) is 5.34. The average molecular weight is 230 g/mol. The second-order valence-electron chi connectivity index (χ2n) is 3.86. The summed E-state index contributed by atoms with van der Waals surface area (Å²) in [6, 6.07) is 7.62. The van der Waals surface area contributed by atoms with E-state index in [1.807, 2.05) is 31.2 Å². The Balaban J connectivity index is 2.59. The van der Waals surface area contributed by atoms with Crippen LogP contribution in [0.5, 0.6) is 0 Å². The zero-order chi connectivity index (χ0) is 12.4. The molecular formula is C13H14N2O2. The normalized spacial score (nSPS) is 10.5. The Morgan fingerprint density at radius 1 is 1.41 bits per heavy atom. The third kappa shape index (κ3) is 2.06. The zero-order valence-electron chi connectivity index (χ0n) is 9.86. The Morgan fingerprint density at radius 2 is 2.12 bits per heavy atom. The summed E-state index contributed by atoms with van der Waals surface area (Å²) in [4.78, 5) is 15.8. The molecular weight excluding hydrogens is 216 g/mol. The van der Waals surface area contributed by atoms with Crippen LogP contribution in [0.2, 0.25) is 0 Å². The van der Waals surface area contributed by atoms with E-state index in [4.69, 9.17) is 5.73 Å². The summed E-state index contributed by atoms with van der Waals surface area (Å²) < 4.78 is 4.65. The maximum Gasteiger partial charge on any atom is 0.310 e. The highest BCUT2D eigenvalue weighted by molar-refractivity contribution is 5.93. The first-order valence-corrected chi connectivity index (χ1v) is 5.34. The number of aromatic nitrogens is 1. The summed E-state index contributed by atoms with van der Waals surface area (Å²) >= 11 is 0. The van der Waals surface area contributed by atoms with Gasteiger partial charge in [0.25, 0.3) is 0 Å². The summed E-state index contributed by atoms with van der Waals surface area (Å²) in [5, 5.41) is 0.872. The molecule has 4 heteroatoms. The Labute approximate surface area is 99.4 Å². The van der Waals surface area contributed by atoms with Crippen molar-refractivity contribution in [1.29, 1.82) is 0 Å². The molecule has 17 heavy (non-hydrogen) atoms. The molecule has 0 spiro atoms. The third-order valence-electron chi connectivity index (χ3n) is 2.79. The smallest absolute Gasteiger partial charge is 0.310 e. The van der Waals surface area contributed by atoms with Crippen molar-refractivity contribution in [3.8, 4) is 0 Å². The number of anilines is 1. The number of nitrogens with zero attached hydrogens (tertiary/aromatic N) is 1. The van der Waals surface area contributed by atoms with Crippen molar-refractivity contribution >= 4 is 22.6 Å². The minimum atomic E-state index is -0.308. The van der Waals surface area contributed by atoms with Crippen LogP contribution in [0.25, 0.3) is 10.9 Å². The number of para-hydroxylation sites is 1. The number of nitrogen functional groups attached to an aromatic ring is 1. The minimum absolute atomic E-state index is 0.159. The lowest BCUT2D eigenvalue weighted by Gasteiger charge is -2.10. The van der Waals surface area contributed by atoms with E-state index >= 15 is 0 Å². The largest absolute Gasteiger partial charge is 0.469 e. The van der Waals surface area contributed by atoms with Gasteiger partial charge in [-0.2, -0.15) is 0 Å². The van der Waals surface area contributed by atoms with Crippen molar-refractivity contribution in [2.75, 3.05) is 12.8 Å². The highest BCUT2D eigenvalue weighted by Gasteiger charge is 2.13. The van der Waals surface area contributed by atoms with E-state index in [2.05, 4.69) is 9.72 Å². The van der Waals surface area contributed by atoms with Crippen LogP contribution in [0.15, 0.2) is 24.3 Å². The van der Waals surface area contributed by atoms with Crippen LogP contribution in [-0.2, 0) is 16.0 Å². The molecule has 1 aromatic carbocycles. The molecule has 1 heterocycles. The summed E-state index contributed by atoms with van der Waals surface area (Å²) in [5.41, 5.74) is 9.04. The number of fused-ring (bicyclic) bond motifs is 1. The molecule has 2 rings (SSSR count). The summed E-state index contributed by atoms with van der Waals surface area (Å²) in [6.45, 7) is 1.85. The molecule has 4 nitrogen and oxygen atoms in total. The van der Waals surface area contributed by atoms with Gasteiger partial charge in [0, 0.05) is 22.3 Å². The van der Waals surface area contributed by atoms with Crippen LogP contribution in [0, 0.1) is 6.92 Å². The fraction of sp³-hybridized carbons (Fsp3) is 0.231. The number of rotatable bonds is 2. The minimum Gasteiger partial charge on any atom is -0.469 e. The number of aryl methyl sites for hydroxylation is 1. The summed E-state index contributed by atoms with van der Waals surface area (Å²) in [5.74, 6) is -0.308. The number of hydrogen-bond acceptors (Lipinski definition) is 4. The van der Waals surface area contributed by atoms with Crippen LogP contribution >= 0.6 is 0 Å². The molecule has 0 aliphatic heterocycles. The van der Waals surface area contributed by atoms with E-state index in [0.29, 0.717) is 5.69 Å². The molecule has 0 bridgehead atoms. The fourth-order valence-corrected chi connectivity index (χ4v) is 1.84. The van der Waals surface area contributed by atoms with Crippen LogP contribution in [0.1, 0.15) is 11.3 Å². The van der Waals surface area contributed by atoms with Gasteiger partial charge < -0.3 is 10.5 Å². The highest BCUT2D eigenvalue weighted by atomic mass is 16.5. The van der Waals surface area contributed by atoms with Crippen molar-refractivity contribution < 1.29 is 9.53 Å². The van der Waals surface area contributed by atoms with Crippen molar-refractivity contribution in [2.45, 2.75) is 13.3 Å². The maximum absolute atomic E-state index is 11.3. The quantitative estimate of drug-likeness (QED) is 0.799. The molecule has 0 fully saturated rings. The Bertz CT molecular complexity index is 579. The van der Waals surface area contributed by atoms with Crippen molar-refractivity contribution in [1.82, 2.24) is 4.98 Å². The third-order valence-corrected chi connectivity index (χ3v) is 2.79. The van der Waals surface area contributed by atoms with Crippen molar-refractivity contribution in [3.05, 3.63) is 35.5 Å². The Morgan fingerprint density at radius 3 is 2.82 bits per heavy atom. The fourth-order valence-electron chi connectivity index (χ4n) is 1.84. The van der Waals surface area contributed by atoms with E-state index in [9.17, 15) is 4.79 Å². The van der Waals surface area contributed by atoms with Gasteiger partial charge in [0.15, 0.2) is 0 Å². The molecule has 0 atom stereocenters. The monoisotopic (exact) mass is 230 g/mol. The van der Waals surface area contributed by atoms with E-state index in [-0.39, 0.29) is 12.4 Å². The predicted octanol–water partition coefficient (Wildman–Crippen LogP) is 1.84. The maximum atomic E-state index is 11.3. The number of pyridine rings is 1. The van der Waals surface area contributed by atoms with Crippen LogP contribution in [0.3, 0.4) is 0 Å². The van der Waals surface area contributed by atoms with Gasteiger partial charge in [0.2, 0.25) is 0 Å². The first-order chi connectivity index (χ1) is 8.13. The SMILES string of the molecule is COC(=O)Cc1c(C)nc2ccccc2c1N. The van der Waals surface area contributed by atoms with Gasteiger partial charge in [-0.05, 0) is 13.0 Å². The van der Waals surface area contributed by atoms with Crippen LogP contribution in [-0.4, -0.2) is 18.1 Å². The van der Waals surface area contributed by atoms with Gasteiger partial charge in [0.1, 0.15) is 0 Å². The number of carbonyl (C=O) groups is 1. The number of benzene rings is 1. The number of carbonyl (C=O) groups excluding carboxylic acids is 1. The van der Waals surface area contributed by atoms with E-state index in [0.717, 1.165) is 22.2 Å². The molecule has 0 radical (unpaired) electrons. The van der Waals surface area contributed by atoms with Crippen molar-refractivity contribution in [3.63, 3.8) is 0 Å². The molecule has 0 aliphatic carbocycles. The lowest BCUT2D eigenvalue weighted by molar-refractivity contribution is -0.139. The summed E-state index contributed by atoms with van der Waals surface area (Å²) in [7, 11) is 1.36. The molecule has 88 valence electrons. The van der Waals surface area contributed by atoms with Crippen LogP contribution in [0.4, 0.5) is 5.69 Å². The zero-order valence-corrected chi connectivity index (χ0v) is 9.86. The highest BCUT2D eigenvalue weighted by Crippen LogP contribution is 2.25. The molecule has 0 saturated heterocycles. The number of ether oxygens (including phenoxy) is 1. The predicted molar refractivity (Wildman–Crippen MR) is 66.6 cm³/mol. The van der Waals surface area contributed by atoms with Gasteiger partial charge >= 0.3 is 5.97 Å². The number of methoxy groups -OCH3 is 1. The lowest BCUT2D eigenvalue weighted by Crippen LogP contribution is -2.10. The second kappa shape index (κ2) is 4.41. The Hall–Kier alpha value is -2.10. The second-order valence-corrected chi connectivity index (χ2v) is 3.86. The molecule has 0 unspecified atom stereocenters. The molecule has 2 aromatic rings. The first kappa shape index (κ1) is 11.4. The van der Waals surface area contributed by atoms with Gasteiger partial charge in [-0.25, -0.2) is 0 Å². The van der Waals surface area contributed by atoms with Gasteiger partial charge in [-0.1, -0.05) is 18.2 Å². The van der Waals surface area contributed by atoms with E-state index < -0.39 is 0 Å². The summed E-state index contributed by atoms with van der Waals surface area (Å²) in [6.07, 6.45) is 0.159. The number of esters is 1. The molecule has 2 N–H and O–H groups in total. The average Bonchev–Trinajstić information content (AvgIpc) is 2.34. The molecule has 0 saturated carbocycles. The molecule has 1 aromatic heterocycles. The van der Waals surface area contributed by atoms with E-state index in [1.165, 1.54) is 7.11 Å². The lowest BCUT2D eigenvalue weighted by atomic mass is 10.0.